The average molecular weight is 342 g/mol. The smallest absolute Gasteiger partial charge is 0.322 e. The second kappa shape index (κ2) is 6.17. The number of amides is 2. The molecule has 2 heterocycles. The molecule has 25 heavy (non-hydrogen) atoms. The van der Waals surface area contributed by atoms with Gasteiger partial charge in [0.05, 0.1) is 6.20 Å². The van der Waals surface area contributed by atoms with Crippen molar-refractivity contribution >= 4 is 11.7 Å². The number of fused-ring (bicyclic) bond motifs is 2. The Morgan fingerprint density at radius 3 is 2.96 bits per heavy atom. The SMILES string of the molecule is CC(C)n1ncc2c1C[C@@H](NC(=O)N1CCc3cc(F)ccc31)CC2. The molecule has 0 spiro atoms. The van der Waals surface area contributed by atoms with Crippen LogP contribution in [0.3, 0.4) is 0 Å². The van der Waals surface area contributed by atoms with E-state index in [2.05, 4.69) is 28.9 Å². The third-order valence-electron chi connectivity index (χ3n) is 5.19. The molecular formula is C19H23FN4O. The van der Waals surface area contributed by atoms with Gasteiger partial charge >= 0.3 is 6.03 Å². The number of carbonyl (C=O) groups excluding carboxylic acids is 1. The van der Waals surface area contributed by atoms with Gasteiger partial charge in [0.2, 0.25) is 0 Å². The van der Waals surface area contributed by atoms with E-state index in [0.717, 1.165) is 30.5 Å². The van der Waals surface area contributed by atoms with Crippen molar-refractivity contribution in [3.63, 3.8) is 0 Å². The Balaban J connectivity index is 1.47. The van der Waals surface area contributed by atoms with Gasteiger partial charge in [0.15, 0.2) is 0 Å². The number of hydrogen-bond acceptors (Lipinski definition) is 2. The van der Waals surface area contributed by atoms with Crippen LogP contribution in [0.5, 0.6) is 0 Å². The summed E-state index contributed by atoms with van der Waals surface area (Å²) in [6, 6.07) is 4.98. The number of rotatable bonds is 2. The van der Waals surface area contributed by atoms with E-state index in [0.29, 0.717) is 19.0 Å². The molecular weight excluding hydrogens is 319 g/mol. The van der Waals surface area contributed by atoms with Crippen molar-refractivity contribution in [1.82, 2.24) is 15.1 Å². The second-order valence-electron chi connectivity index (χ2n) is 7.22. The number of hydrogen-bond donors (Lipinski definition) is 1. The number of aromatic nitrogens is 2. The molecule has 6 heteroatoms. The van der Waals surface area contributed by atoms with Crippen molar-refractivity contribution in [3.8, 4) is 0 Å². The van der Waals surface area contributed by atoms with E-state index in [9.17, 15) is 9.18 Å². The van der Waals surface area contributed by atoms with Gasteiger partial charge in [-0.05, 0) is 62.4 Å². The van der Waals surface area contributed by atoms with Crippen LogP contribution in [0.25, 0.3) is 0 Å². The van der Waals surface area contributed by atoms with Gasteiger partial charge in [-0.2, -0.15) is 5.10 Å². The zero-order valence-corrected chi connectivity index (χ0v) is 14.6. The molecule has 132 valence electrons. The van der Waals surface area contributed by atoms with E-state index in [1.54, 1.807) is 11.0 Å². The van der Waals surface area contributed by atoms with Crippen molar-refractivity contribution in [2.75, 3.05) is 11.4 Å². The molecule has 1 aliphatic carbocycles. The van der Waals surface area contributed by atoms with Crippen molar-refractivity contribution < 1.29 is 9.18 Å². The molecule has 1 aliphatic heterocycles. The van der Waals surface area contributed by atoms with Gasteiger partial charge in [0.1, 0.15) is 5.82 Å². The Morgan fingerprint density at radius 2 is 2.16 bits per heavy atom. The van der Waals surface area contributed by atoms with E-state index in [4.69, 9.17) is 0 Å². The minimum absolute atomic E-state index is 0.0885. The minimum atomic E-state index is -0.247. The predicted molar refractivity (Wildman–Crippen MR) is 94.4 cm³/mol. The van der Waals surface area contributed by atoms with Gasteiger partial charge in [-0.25, -0.2) is 9.18 Å². The van der Waals surface area contributed by atoms with Crippen LogP contribution in [0.15, 0.2) is 24.4 Å². The summed E-state index contributed by atoms with van der Waals surface area (Å²) in [4.78, 5) is 14.5. The first-order chi connectivity index (χ1) is 12.0. The highest BCUT2D eigenvalue weighted by Gasteiger charge is 2.29. The van der Waals surface area contributed by atoms with Crippen LogP contribution in [0.4, 0.5) is 14.9 Å². The molecule has 2 aliphatic rings. The standard InChI is InChI=1S/C19H23FN4O/c1-12(2)24-18-10-16(5-3-14(18)11-21-24)22-19(25)23-8-7-13-9-15(20)4-6-17(13)23/h4,6,9,11-12,16H,3,5,7-8,10H2,1-2H3,(H,22,25)/t16-/m0/s1. The third kappa shape index (κ3) is 2.90. The van der Waals surface area contributed by atoms with Crippen molar-refractivity contribution in [2.24, 2.45) is 0 Å². The normalized spacial score (nSPS) is 19.0. The van der Waals surface area contributed by atoms with Gasteiger partial charge < -0.3 is 5.32 Å². The summed E-state index contributed by atoms with van der Waals surface area (Å²) in [7, 11) is 0. The Bertz CT molecular complexity index is 814. The third-order valence-corrected chi connectivity index (χ3v) is 5.19. The molecule has 2 aromatic rings. The van der Waals surface area contributed by atoms with E-state index in [-0.39, 0.29) is 17.9 Å². The zero-order chi connectivity index (χ0) is 17.6. The summed E-state index contributed by atoms with van der Waals surface area (Å²) >= 11 is 0. The molecule has 1 N–H and O–H groups in total. The lowest BCUT2D eigenvalue weighted by atomic mass is 9.93. The topological polar surface area (TPSA) is 50.2 Å². The van der Waals surface area contributed by atoms with Crippen LogP contribution in [0, 0.1) is 5.82 Å². The van der Waals surface area contributed by atoms with Crippen molar-refractivity contribution in [1.29, 1.82) is 0 Å². The molecule has 1 aromatic heterocycles. The summed E-state index contributed by atoms with van der Waals surface area (Å²) in [5.74, 6) is -0.247. The van der Waals surface area contributed by atoms with Gasteiger partial charge in [-0.3, -0.25) is 9.58 Å². The molecule has 0 bridgehead atoms. The Kier molecular flexibility index (Phi) is 3.98. The second-order valence-corrected chi connectivity index (χ2v) is 7.22. The van der Waals surface area contributed by atoms with Crippen molar-refractivity contribution in [2.45, 2.75) is 51.6 Å². The molecule has 0 saturated heterocycles. The van der Waals surface area contributed by atoms with Gasteiger partial charge in [0, 0.05) is 36.4 Å². The fourth-order valence-electron chi connectivity index (χ4n) is 3.92. The number of anilines is 1. The highest BCUT2D eigenvalue weighted by Crippen LogP contribution is 2.29. The van der Waals surface area contributed by atoms with Crippen molar-refractivity contribution in [3.05, 3.63) is 47.0 Å². The molecule has 0 saturated carbocycles. The van der Waals surface area contributed by atoms with E-state index in [1.807, 2.05) is 6.20 Å². The molecule has 1 atom stereocenters. The Morgan fingerprint density at radius 1 is 1.32 bits per heavy atom. The first-order valence-corrected chi connectivity index (χ1v) is 8.94. The maximum absolute atomic E-state index is 13.3. The lowest BCUT2D eigenvalue weighted by Crippen LogP contribution is -2.46. The van der Waals surface area contributed by atoms with Gasteiger partial charge in [-0.15, -0.1) is 0 Å². The summed E-state index contributed by atoms with van der Waals surface area (Å²) in [6.07, 6.45) is 5.33. The number of benzene rings is 1. The van der Waals surface area contributed by atoms with E-state index < -0.39 is 0 Å². The molecule has 0 fully saturated rings. The molecule has 0 radical (unpaired) electrons. The summed E-state index contributed by atoms with van der Waals surface area (Å²) in [5, 5.41) is 7.65. The number of aryl methyl sites for hydroxylation is 1. The fourth-order valence-corrected chi connectivity index (χ4v) is 3.92. The van der Waals surface area contributed by atoms with Crippen LogP contribution in [0.2, 0.25) is 0 Å². The largest absolute Gasteiger partial charge is 0.335 e. The maximum Gasteiger partial charge on any atom is 0.322 e. The summed E-state index contributed by atoms with van der Waals surface area (Å²) in [5.41, 5.74) is 4.25. The highest BCUT2D eigenvalue weighted by molar-refractivity contribution is 5.94. The number of urea groups is 1. The van der Waals surface area contributed by atoms with Gasteiger partial charge in [0.25, 0.3) is 0 Å². The molecule has 2 amide bonds. The summed E-state index contributed by atoms with van der Waals surface area (Å²) < 4.78 is 15.4. The van der Waals surface area contributed by atoms with Crippen LogP contribution in [-0.4, -0.2) is 28.4 Å². The zero-order valence-electron chi connectivity index (χ0n) is 14.6. The lowest BCUT2D eigenvalue weighted by Gasteiger charge is -2.27. The number of nitrogens with one attached hydrogen (secondary N) is 1. The van der Waals surface area contributed by atoms with Crippen LogP contribution in [0.1, 0.15) is 43.1 Å². The quantitative estimate of drug-likeness (QED) is 0.911. The highest BCUT2D eigenvalue weighted by atomic mass is 19.1. The number of halogens is 1. The first-order valence-electron chi connectivity index (χ1n) is 8.94. The van der Waals surface area contributed by atoms with E-state index in [1.165, 1.54) is 23.4 Å². The van der Waals surface area contributed by atoms with Crippen LogP contribution >= 0.6 is 0 Å². The maximum atomic E-state index is 13.3. The van der Waals surface area contributed by atoms with E-state index >= 15 is 0 Å². The Labute approximate surface area is 146 Å². The first kappa shape index (κ1) is 16.1. The predicted octanol–water partition coefficient (Wildman–Crippen LogP) is 3.23. The van der Waals surface area contributed by atoms with Gasteiger partial charge in [-0.1, -0.05) is 0 Å². The summed E-state index contributed by atoms with van der Waals surface area (Å²) in [6.45, 7) is 4.85. The molecule has 0 unspecified atom stereocenters. The average Bonchev–Trinajstić information content (AvgIpc) is 3.17. The molecule has 5 nitrogen and oxygen atoms in total. The molecule has 4 rings (SSSR count). The Hall–Kier alpha value is -2.37. The fraction of sp³-hybridized carbons (Fsp3) is 0.474. The monoisotopic (exact) mass is 342 g/mol. The van der Waals surface area contributed by atoms with Crippen LogP contribution in [-0.2, 0) is 19.3 Å². The number of carbonyl (C=O) groups is 1. The lowest BCUT2D eigenvalue weighted by molar-refractivity contribution is 0.241. The minimum Gasteiger partial charge on any atom is -0.335 e. The number of nitrogens with zero attached hydrogens (tertiary/aromatic N) is 3. The van der Waals surface area contributed by atoms with Crippen LogP contribution < -0.4 is 10.2 Å². The molecule has 1 aromatic carbocycles.